The largest absolute Gasteiger partial charge is 0.337 e. The summed E-state index contributed by atoms with van der Waals surface area (Å²) in [5, 5.41) is 0. The summed E-state index contributed by atoms with van der Waals surface area (Å²) in [4.78, 5) is 13.9. The van der Waals surface area contributed by atoms with Crippen LogP contribution in [0.25, 0.3) is 0 Å². The first kappa shape index (κ1) is 12.9. The summed E-state index contributed by atoms with van der Waals surface area (Å²) in [6.07, 6.45) is 0. The van der Waals surface area contributed by atoms with Crippen molar-refractivity contribution in [2.24, 2.45) is 0 Å². The van der Waals surface area contributed by atoms with E-state index in [0.29, 0.717) is 6.54 Å². The van der Waals surface area contributed by atoms with E-state index >= 15 is 0 Å². The molecular formula is C15H14N2O2S. The summed E-state index contributed by atoms with van der Waals surface area (Å²) < 4.78 is 13.6. The molecule has 4 nitrogen and oxygen atoms in total. The molecule has 2 amide bonds. The van der Waals surface area contributed by atoms with E-state index in [-0.39, 0.29) is 11.9 Å². The number of hydrogen-bond acceptors (Lipinski definition) is 2. The number of anilines is 1. The molecule has 1 unspecified atom stereocenters. The molecule has 102 valence electrons. The Labute approximate surface area is 120 Å². The highest BCUT2D eigenvalue weighted by molar-refractivity contribution is 7.83. The van der Waals surface area contributed by atoms with Gasteiger partial charge in [-0.3, -0.25) is 4.90 Å². The number of rotatable bonds is 3. The third-order valence-corrected chi connectivity index (χ3v) is 4.42. The number of urea groups is 1. The zero-order chi connectivity index (χ0) is 13.9. The van der Waals surface area contributed by atoms with E-state index in [1.807, 2.05) is 60.7 Å². The molecule has 2 aromatic carbocycles. The summed E-state index contributed by atoms with van der Waals surface area (Å²) in [6.45, 7) is 0.371. The van der Waals surface area contributed by atoms with Gasteiger partial charge in [0.15, 0.2) is 0 Å². The molecule has 1 aliphatic heterocycles. The number of benzene rings is 2. The maximum Gasteiger partial charge on any atom is 0.337 e. The predicted octanol–water partition coefficient (Wildman–Crippen LogP) is 2.75. The fourth-order valence-corrected chi connectivity index (χ4v) is 3.32. The second-order valence-corrected chi connectivity index (χ2v) is 5.86. The van der Waals surface area contributed by atoms with Gasteiger partial charge in [0.05, 0.1) is 6.54 Å². The van der Waals surface area contributed by atoms with Gasteiger partial charge in [0, 0.05) is 5.69 Å². The van der Waals surface area contributed by atoms with Crippen molar-refractivity contribution in [2.75, 3.05) is 10.8 Å². The average molecular weight is 286 g/mol. The fourth-order valence-electron chi connectivity index (χ4n) is 2.14. The van der Waals surface area contributed by atoms with Gasteiger partial charge in [-0.1, -0.05) is 48.5 Å². The molecule has 2 aromatic rings. The highest BCUT2D eigenvalue weighted by Crippen LogP contribution is 2.24. The Morgan fingerprint density at radius 2 is 1.55 bits per heavy atom. The highest BCUT2D eigenvalue weighted by atomic mass is 32.2. The third kappa shape index (κ3) is 2.44. The molecule has 0 saturated carbocycles. The van der Waals surface area contributed by atoms with Crippen LogP contribution in [0, 0.1) is 0 Å². The van der Waals surface area contributed by atoms with Crippen molar-refractivity contribution < 1.29 is 9.00 Å². The molecule has 5 heteroatoms. The van der Waals surface area contributed by atoms with E-state index in [1.54, 1.807) is 4.90 Å². The molecule has 0 aromatic heterocycles. The van der Waals surface area contributed by atoms with Crippen LogP contribution in [-0.4, -0.2) is 20.4 Å². The van der Waals surface area contributed by atoms with Gasteiger partial charge in [0.2, 0.25) is 0 Å². The van der Waals surface area contributed by atoms with Crippen LogP contribution in [0.4, 0.5) is 10.5 Å². The minimum absolute atomic E-state index is 0.210. The lowest BCUT2D eigenvalue weighted by Gasteiger charge is -2.16. The van der Waals surface area contributed by atoms with E-state index in [9.17, 15) is 9.00 Å². The second kappa shape index (κ2) is 5.46. The molecule has 1 aliphatic rings. The number of nitrogens with zero attached hydrogens (tertiary/aromatic N) is 2. The van der Waals surface area contributed by atoms with Crippen molar-refractivity contribution in [3.05, 3.63) is 66.2 Å². The molecule has 0 bridgehead atoms. The maximum absolute atomic E-state index is 12.4. The first-order valence-electron chi connectivity index (χ1n) is 6.32. The first-order valence-corrected chi connectivity index (χ1v) is 7.60. The van der Waals surface area contributed by atoms with Crippen LogP contribution in [0.2, 0.25) is 0 Å². The van der Waals surface area contributed by atoms with E-state index < -0.39 is 11.0 Å². The van der Waals surface area contributed by atoms with Crippen molar-refractivity contribution in [3.8, 4) is 0 Å². The quantitative estimate of drug-likeness (QED) is 0.870. The minimum Gasteiger partial charge on any atom is -0.279 e. The second-order valence-electron chi connectivity index (χ2n) is 4.52. The van der Waals surface area contributed by atoms with Gasteiger partial charge in [-0.25, -0.2) is 13.3 Å². The summed E-state index contributed by atoms with van der Waals surface area (Å²) in [7, 11) is -1.31. The Hall–Kier alpha value is -2.14. The Kier molecular flexibility index (Phi) is 3.52. The van der Waals surface area contributed by atoms with Crippen molar-refractivity contribution in [2.45, 2.75) is 6.54 Å². The van der Waals surface area contributed by atoms with Crippen LogP contribution in [0.1, 0.15) is 5.56 Å². The molecule has 0 radical (unpaired) electrons. The zero-order valence-electron chi connectivity index (χ0n) is 10.8. The van der Waals surface area contributed by atoms with Crippen LogP contribution in [0.15, 0.2) is 60.7 Å². The lowest BCUT2D eigenvalue weighted by Crippen LogP contribution is -2.31. The van der Waals surface area contributed by atoms with Crippen LogP contribution in [0.5, 0.6) is 0 Å². The molecule has 0 spiro atoms. The van der Waals surface area contributed by atoms with Crippen LogP contribution >= 0.6 is 0 Å². The Balaban J connectivity index is 1.81. The van der Waals surface area contributed by atoms with Gasteiger partial charge in [-0.05, 0) is 17.7 Å². The molecule has 1 heterocycles. The molecule has 1 atom stereocenters. The molecule has 1 fully saturated rings. The normalized spacial score (nSPS) is 18.6. The molecule has 0 N–H and O–H groups in total. The van der Waals surface area contributed by atoms with Crippen LogP contribution in [-0.2, 0) is 17.5 Å². The van der Waals surface area contributed by atoms with Crippen LogP contribution in [0.3, 0.4) is 0 Å². The number of amides is 2. The standard InChI is InChI=1S/C15H14N2O2S/c18-15-16(14-9-5-2-6-10-14)12-20(19)17(15)11-13-7-3-1-4-8-13/h1-10H,11-12H2. The van der Waals surface area contributed by atoms with E-state index in [1.165, 1.54) is 4.31 Å². The monoisotopic (exact) mass is 286 g/mol. The lowest BCUT2D eigenvalue weighted by molar-refractivity contribution is 0.234. The van der Waals surface area contributed by atoms with Gasteiger partial charge in [0.25, 0.3) is 0 Å². The molecule has 3 rings (SSSR count). The summed E-state index contributed by atoms with van der Waals surface area (Å²) in [6, 6.07) is 18.7. The van der Waals surface area contributed by atoms with E-state index in [4.69, 9.17) is 0 Å². The van der Waals surface area contributed by atoms with Crippen molar-refractivity contribution in [3.63, 3.8) is 0 Å². The molecular weight excluding hydrogens is 272 g/mol. The van der Waals surface area contributed by atoms with E-state index in [0.717, 1.165) is 11.3 Å². The lowest BCUT2D eigenvalue weighted by atomic mass is 10.2. The Bertz CT molecular complexity index is 631. The highest BCUT2D eigenvalue weighted by Gasteiger charge is 2.35. The number of para-hydroxylation sites is 1. The Morgan fingerprint density at radius 1 is 0.950 bits per heavy atom. The minimum atomic E-state index is -1.31. The average Bonchev–Trinajstić information content (AvgIpc) is 2.77. The molecule has 1 saturated heterocycles. The molecule has 0 aliphatic carbocycles. The predicted molar refractivity (Wildman–Crippen MR) is 79.3 cm³/mol. The Morgan fingerprint density at radius 3 is 2.20 bits per heavy atom. The SMILES string of the molecule is O=C1N(c2ccccc2)CS(=O)N1Cc1ccccc1. The maximum atomic E-state index is 12.4. The fraction of sp³-hybridized carbons (Fsp3) is 0.133. The smallest absolute Gasteiger partial charge is 0.279 e. The number of carbonyl (C=O) groups excluding carboxylic acids is 1. The first-order chi connectivity index (χ1) is 9.75. The molecule has 20 heavy (non-hydrogen) atoms. The van der Waals surface area contributed by atoms with Gasteiger partial charge in [-0.15, -0.1) is 0 Å². The van der Waals surface area contributed by atoms with Crippen LogP contribution < -0.4 is 4.90 Å². The summed E-state index contributed by atoms with van der Waals surface area (Å²) >= 11 is 0. The van der Waals surface area contributed by atoms with Crippen molar-refractivity contribution in [1.82, 2.24) is 4.31 Å². The van der Waals surface area contributed by atoms with Gasteiger partial charge in [-0.2, -0.15) is 0 Å². The topological polar surface area (TPSA) is 40.6 Å². The zero-order valence-corrected chi connectivity index (χ0v) is 11.6. The van der Waals surface area contributed by atoms with Gasteiger partial charge < -0.3 is 0 Å². The van der Waals surface area contributed by atoms with E-state index in [2.05, 4.69) is 0 Å². The summed E-state index contributed by atoms with van der Waals surface area (Å²) in [5.74, 6) is 0.218. The van der Waals surface area contributed by atoms with Gasteiger partial charge >= 0.3 is 6.03 Å². The summed E-state index contributed by atoms with van der Waals surface area (Å²) in [5.41, 5.74) is 1.76. The van der Waals surface area contributed by atoms with Crippen molar-refractivity contribution >= 4 is 22.7 Å². The van der Waals surface area contributed by atoms with Gasteiger partial charge in [0.1, 0.15) is 16.9 Å². The number of hydrogen-bond donors (Lipinski definition) is 0. The van der Waals surface area contributed by atoms with Crippen molar-refractivity contribution in [1.29, 1.82) is 0 Å². The number of carbonyl (C=O) groups is 1. The third-order valence-electron chi connectivity index (χ3n) is 3.17.